The number of fused-ring (bicyclic) bond motifs is 1. The van der Waals surface area contributed by atoms with Crippen LogP contribution in [-0.2, 0) is 0 Å². The van der Waals surface area contributed by atoms with E-state index >= 15 is 0 Å². The summed E-state index contributed by atoms with van der Waals surface area (Å²) in [6.07, 6.45) is 0. The summed E-state index contributed by atoms with van der Waals surface area (Å²) in [6, 6.07) is 5.77. The van der Waals surface area contributed by atoms with E-state index in [2.05, 4.69) is 5.32 Å². The zero-order valence-electron chi connectivity index (χ0n) is 13.2. The molecule has 1 unspecified atom stereocenters. The molecule has 1 aromatic carbocycles. The summed E-state index contributed by atoms with van der Waals surface area (Å²) in [6.45, 7) is 1.49. The first-order valence-electron chi connectivity index (χ1n) is 7.20. The lowest BCUT2D eigenvalue weighted by Crippen LogP contribution is -2.30. The minimum Gasteiger partial charge on any atom is -0.507 e. The molecule has 130 valence electrons. The van der Waals surface area contributed by atoms with E-state index in [0.717, 1.165) is 0 Å². The molecule has 0 saturated heterocycles. The van der Waals surface area contributed by atoms with E-state index in [4.69, 9.17) is 20.8 Å². The molecular weight excluding hydrogens is 352 g/mol. The lowest BCUT2D eigenvalue weighted by atomic mass is 9.87. The smallest absolute Gasteiger partial charge is 0.344 e. The standard InChI is InChI=1S/C16H13ClN2O6/c1-7-5-10(20)13(16(21)24-7)12-9-6-8(17)3-4-11(9)25-15(18-2)14(12)19(22)23/h3-6,12,18,20H,1-2H3. The van der Waals surface area contributed by atoms with Gasteiger partial charge in [0.05, 0.1) is 10.5 Å². The molecule has 0 radical (unpaired) electrons. The highest BCUT2D eigenvalue weighted by Gasteiger charge is 2.42. The van der Waals surface area contributed by atoms with E-state index in [-0.39, 0.29) is 28.5 Å². The van der Waals surface area contributed by atoms with Gasteiger partial charge >= 0.3 is 11.3 Å². The van der Waals surface area contributed by atoms with Crippen LogP contribution in [0, 0.1) is 17.0 Å². The van der Waals surface area contributed by atoms with Crippen LogP contribution in [0.2, 0.25) is 5.02 Å². The van der Waals surface area contributed by atoms with Crippen LogP contribution < -0.4 is 15.7 Å². The van der Waals surface area contributed by atoms with Crippen LogP contribution >= 0.6 is 11.6 Å². The number of benzene rings is 1. The first kappa shape index (κ1) is 16.8. The van der Waals surface area contributed by atoms with Gasteiger partial charge in [-0.2, -0.15) is 0 Å². The maximum Gasteiger partial charge on any atom is 0.344 e. The van der Waals surface area contributed by atoms with Crippen LogP contribution in [0.15, 0.2) is 45.1 Å². The maximum absolute atomic E-state index is 12.4. The normalized spacial score (nSPS) is 16.2. The van der Waals surface area contributed by atoms with Gasteiger partial charge in [-0.25, -0.2) is 4.79 Å². The van der Waals surface area contributed by atoms with Crippen LogP contribution in [0.3, 0.4) is 0 Å². The fourth-order valence-electron chi connectivity index (χ4n) is 2.81. The van der Waals surface area contributed by atoms with E-state index < -0.39 is 27.9 Å². The van der Waals surface area contributed by atoms with Gasteiger partial charge in [0.25, 0.3) is 5.88 Å². The number of aryl methyl sites for hydroxylation is 1. The van der Waals surface area contributed by atoms with Crippen LogP contribution in [-0.4, -0.2) is 17.1 Å². The van der Waals surface area contributed by atoms with E-state index in [9.17, 15) is 20.0 Å². The molecule has 1 atom stereocenters. The molecule has 0 aliphatic carbocycles. The molecule has 0 spiro atoms. The number of hydrogen-bond donors (Lipinski definition) is 2. The monoisotopic (exact) mass is 364 g/mol. The van der Waals surface area contributed by atoms with Gasteiger partial charge in [-0.15, -0.1) is 0 Å². The fourth-order valence-corrected chi connectivity index (χ4v) is 2.99. The van der Waals surface area contributed by atoms with Gasteiger partial charge in [0, 0.05) is 23.7 Å². The van der Waals surface area contributed by atoms with Crippen molar-refractivity contribution in [3.63, 3.8) is 0 Å². The number of nitrogens with one attached hydrogen (secondary N) is 1. The first-order chi connectivity index (χ1) is 11.8. The molecule has 9 heteroatoms. The molecule has 1 aliphatic rings. The third kappa shape index (κ3) is 2.80. The van der Waals surface area contributed by atoms with Crippen molar-refractivity contribution < 1.29 is 19.2 Å². The molecule has 2 heterocycles. The number of aromatic hydroxyl groups is 1. The number of allylic oxidation sites excluding steroid dienone is 1. The Morgan fingerprint density at radius 1 is 1.36 bits per heavy atom. The van der Waals surface area contributed by atoms with Gasteiger partial charge in [-0.1, -0.05) is 11.6 Å². The summed E-state index contributed by atoms with van der Waals surface area (Å²) in [4.78, 5) is 23.4. The second kappa shape index (κ2) is 6.14. The Morgan fingerprint density at radius 3 is 2.68 bits per heavy atom. The predicted molar refractivity (Wildman–Crippen MR) is 88.4 cm³/mol. The van der Waals surface area contributed by atoms with Crippen molar-refractivity contribution in [2.75, 3.05) is 7.05 Å². The first-order valence-corrected chi connectivity index (χ1v) is 7.58. The number of nitro groups is 1. The van der Waals surface area contributed by atoms with E-state index in [1.807, 2.05) is 0 Å². The van der Waals surface area contributed by atoms with E-state index in [1.165, 1.54) is 32.2 Å². The lowest BCUT2D eigenvalue weighted by Gasteiger charge is -2.25. The molecule has 0 amide bonds. The Morgan fingerprint density at radius 2 is 2.08 bits per heavy atom. The van der Waals surface area contributed by atoms with Crippen molar-refractivity contribution in [2.24, 2.45) is 0 Å². The van der Waals surface area contributed by atoms with Crippen LogP contribution in [0.1, 0.15) is 22.8 Å². The van der Waals surface area contributed by atoms with Crippen molar-refractivity contribution >= 4 is 11.6 Å². The number of nitrogens with zero attached hydrogens (tertiary/aromatic N) is 1. The molecule has 25 heavy (non-hydrogen) atoms. The van der Waals surface area contributed by atoms with Crippen LogP contribution in [0.25, 0.3) is 0 Å². The predicted octanol–water partition coefficient (Wildman–Crippen LogP) is 2.50. The molecule has 2 N–H and O–H groups in total. The molecular formula is C16H13ClN2O6. The third-order valence-corrected chi connectivity index (χ3v) is 4.04. The Labute approximate surface area is 146 Å². The summed E-state index contributed by atoms with van der Waals surface area (Å²) in [7, 11) is 1.45. The molecule has 2 aromatic rings. The molecule has 1 aliphatic heterocycles. The molecule has 0 saturated carbocycles. The fraction of sp³-hybridized carbons (Fsp3) is 0.188. The Kier molecular flexibility index (Phi) is 4.13. The van der Waals surface area contributed by atoms with Gasteiger partial charge in [0.15, 0.2) is 0 Å². The SMILES string of the molecule is CNC1=C([N+](=O)[O-])C(c2c(O)cc(C)oc2=O)c2cc(Cl)ccc2O1. The van der Waals surface area contributed by atoms with Gasteiger partial charge in [-0.3, -0.25) is 10.1 Å². The quantitative estimate of drug-likeness (QED) is 0.635. The van der Waals surface area contributed by atoms with Gasteiger partial charge in [-0.05, 0) is 25.1 Å². The number of ether oxygens (including phenoxy) is 1. The molecule has 8 nitrogen and oxygen atoms in total. The third-order valence-electron chi connectivity index (χ3n) is 3.80. The largest absolute Gasteiger partial charge is 0.507 e. The van der Waals surface area contributed by atoms with Crippen molar-refractivity contribution in [3.8, 4) is 11.5 Å². The average molecular weight is 365 g/mol. The Balaban J connectivity index is 2.38. The lowest BCUT2D eigenvalue weighted by molar-refractivity contribution is -0.433. The van der Waals surface area contributed by atoms with Crippen LogP contribution in [0.4, 0.5) is 0 Å². The van der Waals surface area contributed by atoms with Crippen molar-refractivity contribution in [2.45, 2.75) is 12.8 Å². The van der Waals surface area contributed by atoms with Gasteiger partial charge in [0.1, 0.15) is 23.2 Å². The van der Waals surface area contributed by atoms with E-state index in [0.29, 0.717) is 5.02 Å². The maximum atomic E-state index is 12.4. The molecule has 3 rings (SSSR count). The van der Waals surface area contributed by atoms with Crippen molar-refractivity contribution in [1.82, 2.24) is 5.32 Å². The second-order valence-electron chi connectivity index (χ2n) is 5.38. The number of hydrogen-bond acceptors (Lipinski definition) is 7. The average Bonchev–Trinajstić information content (AvgIpc) is 2.53. The summed E-state index contributed by atoms with van der Waals surface area (Å²) in [5.74, 6) is -1.28. The molecule has 0 fully saturated rings. The topological polar surface area (TPSA) is 115 Å². The molecule has 0 bridgehead atoms. The Bertz CT molecular complexity index is 966. The number of halogens is 1. The summed E-state index contributed by atoms with van der Waals surface area (Å²) in [5.41, 5.74) is -1.27. The second-order valence-corrected chi connectivity index (χ2v) is 5.82. The van der Waals surface area contributed by atoms with E-state index in [1.54, 1.807) is 6.07 Å². The Hall–Kier alpha value is -3.00. The van der Waals surface area contributed by atoms with Gasteiger partial charge in [0.2, 0.25) is 0 Å². The van der Waals surface area contributed by atoms with Crippen molar-refractivity contribution in [1.29, 1.82) is 0 Å². The highest BCUT2D eigenvalue weighted by Crippen LogP contribution is 2.45. The summed E-state index contributed by atoms with van der Waals surface area (Å²) in [5, 5.41) is 24.9. The minimum absolute atomic E-state index is 0.135. The van der Waals surface area contributed by atoms with Gasteiger partial charge < -0.3 is 19.6 Å². The molecule has 1 aromatic heterocycles. The zero-order chi connectivity index (χ0) is 18.3. The van der Waals surface area contributed by atoms with Crippen LogP contribution in [0.5, 0.6) is 11.5 Å². The highest BCUT2D eigenvalue weighted by molar-refractivity contribution is 6.30. The zero-order valence-corrected chi connectivity index (χ0v) is 14.0. The number of rotatable bonds is 3. The van der Waals surface area contributed by atoms with Crippen molar-refractivity contribution in [3.05, 3.63) is 78.3 Å². The summed E-state index contributed by atoms with van der Waals surface area (Å²) < 4.78 is 10.5. The highest BCUT2D eigenvalue weighted by atomic mass is 35.5. The summed E-state index contributed by atoms with van der Waals surface area (Å²) >= 11 is 6.01. The minimum atomic E-state index is -1.21.